The van der Waals surface area contributed by atoms with Gasteiger partial charge < -0.3 is 4.98 Å². The number of aromatic amines is 1. The van der Waals surface area contributed by atoms with Crippen molar-refractivity contribution in [3.05, 3.63) is 90.3 Å². The number of amides is 2. The molecular weight excluding hydrogens is 448 g/mol. The van der Waals surface area contributed by atoms with E-state index in [1.807, 2.05) is 48.5 Å². The van der Waals surface area contributed by atoms with E-state index in [-0.39, 0.29) is 23.5 Å². The number of hydrogen-bond acceptors (Lipinski definition) is 6. The van der Waals surface area contributed by atoms with Gasteiger partial charge in [-0.2, -0.15) is 0 Å². The van der Waals surface area contributed by atoms with Crippen LogP contribution in [0.25, 0.3) is 32.0 Å². The van der Waals surface area contributed by atoms with Gasteiger partial charge in [-0.05, 0) is 41.8 Å². The van der Waals surface area contributed by atoms with Crippen molar-refractivity contribution in [3.63, 3.8) is 0 Å². The quantitative estimate of drug-likeness (QED) is 0.331. The number of nitrogens with zero attached hydrogens (tertiary/aromatic N) is 3. The molecule has 0 spiro atoms. The molecule has 3 N–H and O–H groups in total. The normalized spacial score (nSPS) is 11.2. The summed E-state index contributed by atoms with van der Waals surface area (Å²) in [5.41, 5.74) is 2.82. The molecule has 3 aromatic heterocycles. The van der Waals surface area contributed by atoms with Gasteiger partial charge in [0.15, 0.2) is 5.13 Å². The predicted molar refractivity (Wildman–Crippen MR) is 133 cm³/mol. The topological polar surface area (TPSA) is 113 Å². The zero-order valence-corrected chi connectivity index (χ0v) is 18.4. The Hall–Kier alpha value is -4.63. The second-order valence-electron chi connectivity index (χ2n) is 7.63. The lowest BCUT2D eigenvalue weighted by atomic mass is 10.1. The number of aromatic nitrogens is 4. The Bertz CT molecular complexity index is 1690. The molecule has 9 heteroatoms. The Kier molecular flexibility index (Phi) is 4.74. The number of rotatable bonds is 4. The molecule has 0 aliphatic heterocycles. The van der Waals surface area contributed by atoms with Crippen LogP contribution in [0.5, 0.6) is 0 Å². The summed E-state index contributed by atoms with van der Waals surface area (Å²) in [6.07, 6.45) is 1.67. The molecule has 0 radical (unpaired) electrons. The molecule has 8 nitrogen and oxygen atoms in total. The van der Waals surface area contributed by atoms with Crippen LogP contribution in [0.3, 0.4) is 0 Å². The maximum absolute atomic E-state index is 12.8. The van der Waals surface area contributed by atoms with E-state index in [4.69, 9.17) is 0 Å². The lowest BCUT2D eigenvalue weighted by molar-refractivity contribution is 0.101. The highest BCUT2D eigenvalue weighted by molar-refractivity contribution is 7.22. The van der Waals surface area contributed by atoms with E-state index in [1.165, 1.54) is 11.3 Å². The second kappa shape index (κ2) is 8.05. The Morgan fingerprint density at radius 3 is 2.50 bits per heavy atom. The first-order valence-corrected chi connectivity index (χ1v) is 11.3. The van der Waals surface area contributed by atoms with Gasteiger partial charge in [-0.3, -0.25) is 25.2 Å². The number of thiazole rings is 1. The number of fused-ring (bicyclic) bond motifs is 3. The van der Waals surface area contributed by atoms with Crippen LogP contribution >= 0.6 is 11.3 Å². The number of hydrogen-bond donors (Lipinski definition) is 3. The average molecular weight is 465 g/mol. The van der Waals surface area contributed by atoms with E-state index in [0.29, 0.717) is 21.7 Å². The minimum absolute atomic E-state index is 0.276. The van der Waals surface area contributed by atoms with Gasteiger partial charge in [0.25, 0.3) is 11.8 Å². The summed E-state index contributed by atoms with van der Waals surface area (Å²) in [6.45, 7) is 0. The Morgan fingerprint density at radius 2 is 1.62 bits per heavy atom. The van der Waals surface area contributed by atoms with E-state index < -0.39 is 0 Å². The molecule has 0 atom stereocenters. The molecule has 0 unspecified atom stereocenters. The monoisotopic (exact) mass is 464 g/mol. The fraction of sp³-hybridized carbons (Fsp3) is 0. The number of imidazole rings is 1. The number of para-hydroxylation sites is 1. The van der Waals surface area contributed by atoms with Gasteiger partial charge in [0.05, 0.1) is 21.3 Å². The van der Waals surface area contributed by atoms with Crippen LogP contribution < -0.4 is 10.6 Å². The fourth-order valence-electron chi connectivity index (χ4n) is 3.68. The van der Waals surface area contributed by atoms with Gasteiger partial charge in [-0.25, -0.2) is 9.97 Å². The molecule has 34 heavy (non-hydrogen) atoms. The summed E-state index contributed by atoms with van der Waals surface area (Å²) in [5.74, 6) is -0.376. The van der Waals surface area contributed by atoms with Crippen LogP contribution in [0.15, 0.2) is 79.0 Å². The van der Waals surface area contributed by atoms with E-state index >= 15 is 0 Å². The van der Waals surface area contributed by atoms with E-state index in [0.717, 1.165) is 21.0 Å². The fourth-order valence-corrected chi connectivity index (χ4v) is 4.55. The summed E-state index contributed by atoms with van der Waals surface area (Å²) in [6, 6.07) is 22.2. The first-order chi connectivity index (χ1) is 16.6. The molecule has 3 aromatic carbocycles. The highest BCUT2D eigenvalue weighted by atomic mass is 32.1. The molecule has 0 saturated heterocycles. The minimum Gasteiger partial charge on any atom is -0.324 e. The lowest BCUT2D eigenvalue weighted by Gasteiger charge is -2.03. The van der Waals surface area contributed by atoms with E-state index in [9.17, 15) is 9.59 Å². The van der Waals surface area contributed by atoms with Crippen LogP contribution in [0.1, 0.15) is 20.8 Å². The van der Waals surface area contributed by atoms with Crippen LogP contribution in [-0.4, -0.2) is 31.8 Å². The van der Waals surface area contributed by atoms with Gasteiger partial charge in [-0.1, -0.05) is 47.7 Å². The van der Waals surface area contributed by atoms with Crippen molar-refractivity contribution in [3.8, 4) is 0 Å². The number of anilines is 2. The molecule has 0 bridgehead atoms. The minimum atomic E-state index is -0.376. The first-order valence-electron chi connectivity index (χ1n) is 10.5. The zero-order chi connectivity index (χ0) is 23.1. The second-order valence-corrected chi connectivity index (χ2v) is 8.66. The number of H-pyrrole nitrogens is 1. The molecule has 164 valence electrons. The third-order valence-corrected chi connectivity index (χ3v) is 6.31. The van der Waals surface area contributed by atoms with Crippen molar-refractivity contribution in [2.24, 2.45) is 0 Å². The summed E-state index contributed by atoms with van der Waals surface area (Å²) in [7, 11) is 0. The molecule has 0 saturated carbocycles. The first kappa shape index (κ1) is 20.0. The van der Waals surface area contributed by atoms with Gasteiger partial charge in [0, 0.05) is 17.1 Å². The molecule has 0 fully saturated rings. The maximum atomic E-state index is 12.8. The SMILES string of the molecule is O=C(Nc1nc2ccccc2s1)c1ccc2nc(NC(=O)c3cc4ccccc4cn3)[nH]c2c1. The summed E-state index contributed by atoms with van der Waals surface area (Å²) in [4.78, 5) is 41.6. The summed E-state index contributed by atoms with van der Waals surface area (Å²) in [5, 5.41) is 8.00. The average Bonchev–Trinajstić information content (AvgIpc) is 3.45. The van der Waals surface area contributed by atoms with Gasteiger partial charge in [0.2, 0.25) is 5.95 Å². The molecule has 2 amide bonds. The lowest BCUT2D eigenvalue weighted by Crippen LogP contribution is -2.14. The van der Waals surface area contributed by atoms with E-state index in [1.54, 1.807) is 30.5 Å². The van der Waals surface area contributed by atoms with Crippen molar-refractivity contribution < 1.29 is 9.59 Å². The van der Waals surface area contributed by atoms with Crippen molar-refractivity contribution in [1.29, 1.82) is 0 Å². The molecule has 0 aliphatic carbocycles. The molecular formula is C25H16N6O2S. The van der Waals surface area contributed by atoms with Crippen molar-refractivity contribution in [2.75, 3.05) is 10.6 Å². The molecule has 6 rings (SSSR count). The van der Waals surface area contributed by atoms with Crippen LogP contribution in [0.2, 0.25) is 0 Å². The summed E-state index contributed by atoms with van der Waals surface area (Å²) >= 11 is 1.42. The highest BCUT2D eigenvalue weighted by Crippen LogP contribution is 2.26. The van der Waals surface area contributed by atoms with Gasteiger partial charge in [-0.15, -0.1) is 0 Å². The maximum Gasteiger partial charge on any atom is 0.276 e. The number of pyridine rings is 1. The van der Waals surface area contributed by atoms with Crippen molar-refractivity contribution in [1.82, 2.24) is 19.9 Å². The van der Waals surface area contributed by atoms with Crippen molar-refractivity contribution >= 4 is 66.3 Å². The number of carbonyl (C=O) groups excluding carboxylic acids is 2. The largest absolute Gasteiger partial charge is 0.324 e. The number of benzene rings is 3. The predicted octanol–water partition coefficient (Wildman–Crippen LogP) is 5.23. The smallest absolute Gasteiger partial charge is 0.276 e. The van der Waals surface area contributed by atoms with Crippen LogP contribution in [-0.2, 0) is 0 Å². The highest BCUT2D eigenvalue weighted by Gasteiger charge is 2.14. The van der Waals surface area contributed by atoms with Crippen LogP contribution in [0.4, 0.5) is 11.1 Å². The third-order valence-electron chi connectivity index (χ3n) is 5.35. The Balaban J connectivity index is 1.21. The van der Waals surface area contributed by atoms with E-state index in [2.05, 4.69) is 30.6 Å². The number of carbonyl (C=O) groups is 2. The summed E-state index contributed by atoms with van der Waals surface area (Å²) < 4.78 is 1.00. The third kappa shape index (κ3) is 3.74. The molecule has 0 aliphatic rings. The van der Waals surface area contributed by atoms with Gasteiger partial charge >= 0.3 is 0 Å². The Morgan fingerprint density at radius 1 is 0.794 bits per heavy atom. The van der Waals surface area contributed by atoms with Crippen molar-refractivity contribution in [2.45, 2.75) is 0 Å². The van der Waals surface area contributed by atoms with Gasteiger partial charge in [0.1, 0.15) is 5.69 Å². The molecule has 3 heterocycles. The zero-order valence-electron chi connectivity index (χ0n) is 17.6. The Labute approximate surface area is 196 Å². The van der Waals surface area contributed by atoms with Crippen LogP contribution in [0, 0.1) is 0 Å². The number of nitrogens with one attached hydrogen (secondary N) is 3. The standard InChI is InChI=1S/C25H16N6O2S/c32-22(31-25-29-18-7-3-4-8-21(18)34-25)15-9-10-17-19(12-15)28-24(27-17)30-23(33)20-11-14-5-1-2-6-16(14)13-26-20/h1-13H,(H,29,31,32)(H2,27,28,30,33). The molecule has 6 aromatic rings.